The molecule has 2 aromatic rings. The Balaban J connectivity index is 2.13. The maximum Gasteiger partial charge on any atom is 0.192 e. The zero-order valence-electron chi connectivity index (χ0n) is 28.4. The fourth-order valence-corrected chi connectivity index (χ4v) is 10.5. The zero-order chi connectivity index (χ0) is 32.3. The second kappa shape index (κ2) is 13.8. The highest BCUT2D eigenvalue weighted by Crippen LogP contribution is 2.49. The summed E-state index contributed by atoms with van der Waals surface area (Å²) in [5.41, 5.74) is 2.01. The molecule has 1 fully saturated rings. The number of hydrogen-bond donors (Lipinski definition) is 0. The summed E-state index contributed by atoms with van der Waals surface area (Å²) in [6, 6.07) is 19.6. The normalized spacial score (nSPS) is 21.8. The summed E-state index contributed by atoms with van der Waals surface area (Å²) in [5, 5.41) is 1.74. The zero-order valence-corrected chi connectivity index (χ0v) is 31.3. The first-order valence-electron chi connectivity index (χ1n) is 15.8. The molecule has 0 aliphatic heterocycles. The highest BCUT2D eigenvalue weighted by molar-refractivity contribution is 7.78. The molecule has 7 heteroatoms. The van der Waals surface area contributed by atoms with Gasteiger partial charge in [0.25, 0.3) is 0 Å². The number of allylic oxidation sites excluding steroid dienone is 1. The summed E-state index contributed by atoms with van der Waals surface area (Å²) >= 11 is 0. The smallest absolute Gasteiger partial charge is 0.192 e. The molecule has 2 aromatic carbocycles. The first-order chi connectivity index (χ1) is 19.8. The molecule has 238 valence electrons. The third-order valence-corrected chi connectivity index (χ3v) is 22.1. The minimum Gasteiger partial charge on any atom is -0.413 e. The van der Waals surface area contributed by atoms with Crippen molar-refractivity contribution in [3.8, 4) is 0 Å². The van der Waals surface area contributed by atoms with E-state index in [1.54, 1.807) is 0 Å². The minimum atomic E-state index is -2.96. The molecule has 1 aliphatic rings. The van der Waals surface area contributed by atoms with E-state index in [1.165, 1.54) is 0 Å². The van der Waals surface area contributed by atoms with Crippen LogP contribution in [0, 0.1) is 5.92 Å². The van der Waals surface area contributed by atoms with Crippen molar-refractivity contribution < 1.29 is 17.8 Å². The minimum absolute atomic E-state index is 0.00531. The summed E-state index contributed by atoms with van der Waals surface area (Å²) in [6.45, 7) is 26.9. The van der Waals surface area contributed by atoms with Gasteiger partial charge >= 0.3 is 0 Å². The van der Waals surface area contributed by atoms with Gasteiger partial charge in [-0.2, -0.15) is 0 Å². The number of hydrogen-bond acceptors (Lipinski definition) is 3. The quantitative estimate of drug-likeness (QED) is 0.181. The van der Waals surface area contributed by atoms with E-state index in [1.807, 2.05) is 60.7 Å². The van der Waals surface area contributed by atoms with Crippen molar-refractivity contribution in [2.24, 2.45) is 5.92 Å². The lowest BCUT2D eigenvalue weighted by Gasteiger charge is -2.49. The molecular weight excluding hydrogens is 587 g/mol. The molecule has 0 radical (unpaired) electrons. The van der Waals surface area contributed by atoms with E-state index in [0.29, 0.717) is 25.4 Å². The third-order valence-electron chi connectivity index (χ3n) is 10.1. The summed E-state index contributed by atoms with van der Waals surface area (Å²) in [4.78, 5) is 0. The Morgan fingerprint density at radius 1 is 0.860 bits per heavy atom. The lowest BCUT2D eigenvalue weighted by molar-refractivity contribution is 0.0247. The Kier molecular flexibility index (Phi) is 11.5. The van der Waals surface area contributed by atoms with Gasteiger partial charge in [-0.15, -0.1) is 0 Å². The molecule has 0 aromatic heterocycles. The first-order valence-corrected chi connectivity index (χ1v) is 23.5. The standard InChI is InChI=1S/C36H56FO3PSi2/c1-28-29(24-26-41(38,30-19-14-12-15-20-30)31-21-16-13-17-22-31)27-33(39-42(8,9)35(2,3)4)32(23-18-25-37)34(28)40-43(10,11)36(5,6)7/h12-17,19-22,24,32-34H,1,18,23,25-27H2,2-11H3/b29-24-/t32-,33-,34+/m1/s1. The summed E-state index contributed by atoms with van der Waals surface area (Å²) in [7, 11) is -7.34. The van der Waals surface area contributed by atoms with Gasteiger partial charge < -0.3 is 13.4 Å². The average Bonchev–Trinajstić information content (AvgIpc) is 2.93. The Labute approximate surface area is 264 Å². The second-order valence-electron chi connectivity index (χ2n) is 15.3. The molecule has 0 heterocycles. The van der Waals surface area contributed by atoms with Crippen molar-refractivity contribution >= 4 is 34.4 Å². The molecule has 1 saturated carbocycles. The van der Waals surface area contributed by atoms with E-state index in [-0.39, 0.29) is 34.9 Å². The fraction of sp³-hybridized carbons (Fsp3) is 0.556. The maximum absolute atomic E-state index is 14.9. The van der Waals surface area contributed by atoms with Crippen LogP contribution in [-0.4, -0.2) is 41.7 Å². The number of halogens is 1. The van der Waals surface area contributed by atoms with Gasteiger partial charge in [-0.05, 0) is 66.7 Å². The third kappa shape index (κ3) is 8.38. The predicted molar refractivity (Wildman–Crippen MR) is 189 cm³/mol. The van der Waals surface area contributed by atoms with Crippen LogP contribution in [0.15, 0.2) is 84.5 Å². The second-order valence-corrected chi connectivity index (χ2v) is 27.7. The summed E-state index contributed by atoms with van der Waals surface area (Å²) in [6.07, 6.45) is 3.99. The molecule has 3 nitrogen and oxygen atoms in total. The molecular formula is C36H56FO3PSi2. The van der Waals surface area contributed by atoms with E-state index in [0.717, 1.165) is 21.8 Å². The number of alkyl halides is 1. The molecule has 3 atom stereocenters. The fourth-order valence-electron chi connectivity index (χ4n) is 5.27. The van der Waals surface area contributed by atoms with Crippen molar-refractivity contribution in [1.29, 1.82) is 0 Å². The SMILES string of the molecule is C=C1/C(=C\CP(=O)(c2ccccc2)c2ccccc2)C[C@@H](O[Si](C)(C)C(C)(C)C)[C@@H](CCCF)[C@H]1O[Si](C)(C)C(C)(C)C. The molecule has 0 saturated heterocycles. The van der Waals surface area contributed by atoms with Gasteiger partial charge in [0.1, 0.15) is 7.14 Å². The molecule has 43 heavy (non-hydrogen) atoms. The van der Waals surface area contributed by atoms with Crippen LogP contribution in [0.3, 0.4) is 0 Å². The summed E-state index contributed by atoms with van der Waals surface area (Å²) in [5.74, 6) is 0.0127. The van der Waals surface area contributed by atoms with Gasteiger partial charge in [-0.1, -0.05) is 115 Å². The van der Waals surface area contributed by atoms with Crippen LogP contribution < -0.4 is 10.6 Å². The van der Waals surface area contributed by atoms with Crippen LogP contribution in [0.25, 0.3) is 0 Å². The Morgan fingerprint density at radius 2 is 1.33 bits per heavy atom. The topological polar surface area (TPSA) is 35.5 Å². The van der Waals surface area contributed by atoms with Crippen LogP contribution in [-0.2, 0) is 13.4 Å². The highest BCUT2D eigenvalue weighted by Gasteiger charge is 2.48. The maximum atomic E-state index is 14.9. The molecule has 0 spiro atoms. The molecule has 1 aliphatic carbocycles. The van der Waals surface area contributed by atoms with Crippen LogP contribution in [0.5, 0.6) is 0 Å². The molecule has 0 bridgehead atoms. The van der Waals surface area contributed by atoms with Crippen LogP contribution in [0.1, 0.15) is 60.8 Å². The van der Waals surface area contributed by atoms with Gasteiger partial charge in [-0.3, -0.25) is 4.39 Å². The van der Waals surface area contributed by atoms with Crippen molar-refractivity contribution in [3.05, 3.63) is 84.5 Å². The Hall–Kier alpha value is -1.57. The monoisotopic (exact) mass is 642 g/mol. The summed E-state index contributed by atoms with van der Waals surface area (Å²) < 4.78 is 42.9. The van der Waals surface area contributed by atoms with Gasteiger partial charge in [0.05, 0.1) is 18.9 Å². The van der Waals surface area contributed by atoms with Crippen molar-refractivity contribution in [2.45, 2.75) is 109 Å². The van der Waals surface area contributed by atoms with Crippen LogP contribution in [0.2, 0.25) is 36.3 Å². The van der Waals surface area contributed by atoms with Gasteiger partial charge in [0, 0.05) is 22.7 Å². The average molecular weight is 643 g/mol. The van der Waals surface area contributed by atoms with Crippen LogP contribution >= 0.6 is 7.14 Å². The molecule has 3 rings (SSSR count). The molecule has 0 amide bonds. The lowest BCUT2D eigenvalue weighted by atomic mass is 9.76. The molecule has 0 unspecified atom stereocenters. The number of benzene rings is 2. The van der Waals surface area contributed by atoms with Crippen LogP contribution in [0.4, 0.5) is 4.39 Å². The Morgan fingerprint density at radius 3 is 1.77 bits per heavy atom. The van der Waals surface area contributed by atoms with E-state index in [4.69, 9.17) is 8.85 Å². The molecule has 0 N–H and O–H groups in total. The van der Waals surface area contributed by atoms with E-state index in [9.17, 15) is 8.96 Å². The van der Waals surface area contributed by atoms with Crippen molar-refractivity contribution in [2.75, 3.05) is 12.8 Å². The van der Waals surface area contributed by atoms with E-state index in [2.05, 4.69) is 80.4 Å². The predicted octanol–water partition coefficient (Wildman–Crippen LogP) is 10.0. The number of rotatable bonds is 11. The lowest BCUT2D eigenvalue weighted by Crippen LogP contribution is -2.53. The first kappa shape index (κ1) is 35.9. The van der Waals surface area contributed by atoms with Crippen molar-refractivity contribution in [3.63, 3.8) is 0 Å². The van der Waals surface area contributed by atoms with Gasteiger partial charge in [-0.25, -0.2) is 0 Å². The van der Waals surface area contributed by atoms with Gasteiger partial charge in [0.15, 0.2) is 16.6 Å². The largest absolute Gasteiger partial charge is 0.413 e. The highest BCUT2D eigenvalue weighted by atomic mass is 31.2. The van der Waals surface area contributed by atoms with E-state index < -0.39 is 23.8 Å². The van der Waals surface area contributed by atoms with Gasteiger partial charge in [0.2, 0.25) is 0 Å². The van der Waals surface area contributed by atoms with E-state index >= 15 is 0 Å². The Bertz CT molecular complexity index is 1250. The van der Waals surface area contributed by atoms with Crippen molar-refractivity contribution in [1.82, 2.24) is 0 Å².